The predicted molar refractivity (Wildman–Crippen MR) is 154 cm³/mol. The zero-order valence-electron chi connectivity index (χ0n) is 22.8. The lowest BCUT2D eigenvalue weighted by molar-refractivity contribution is 0.103. The highest BCUT2D eigenvalue weighted by atomic mass is 16.3. The summed E-state index contributed by atoms with van der Waals surface area (Å²) in [5.41, 5.74) is 6.53. The van der Waals surface area contributed by atoms with Crippen molar-refractivity contribution in [1.82, 2.24) is 34.3 Å². The number of hydrogen-bond donors (Lipinski definition) is 1. The van der Waals surface area contributed by atoms with Crippen LogP contribution in [0.5, 0.6) is 0 Å². The van der Waals surface area contributed by atoms with Crippen LogP contribution in [0.25, 0.3) is 38.9 Å². The Morgan fingerprint density at radius 2 is 1.74 bits per heavy atom. The molecule has 0 aliphatic rings. The largest absolute Gasteiger partial charge is 0.393 e. The number of benzene rings is 2. The molecule has 4 aromatic heterocycles. The molecule has 0 fully saturated rings. The highest BCUT2D eigenvalue weighted by Crippen LogP contribution is 2.37. The van der Waals surface area contributed by atoms with Crippen molar-refractivity contribution in [3.8, 4) is 16.9 Å². The van der Waals surface area contributed by atoms with Crippen LogP contribution in [0.4, 0.5) is 0 Å². The summed E-state index contributed by atoms with van der Waals surface area (Å²) in [6.07, 6.45) is 3.91. The average molecular weight is 515 g/mol. The molecule has 8 nitrogen and oxygen atoms in total. The van der Waals surface area contributed by atoms with Crippen molar-refractivity contribution in [1.29, 1.82) is 0 Å². The van der Waals surface area contributed by atoms with Gasteiger partial charge in [-0.2, -0.15) is 15.3 Å². The fraction of sp³-hybridized carbons (Fsp3) is 0.267. The maximum absolute atomic E-state index is 11.0. The van der Waals surface area contributed by atoms with Gasteiger partial charge in [0.2, 0.25) is 0 Å². The molecule has 194 valence electrons. The average Bonchev–Trinajstić information content (AvgIpc) is 3.56. The normalized spacial score (nSPS) is 13.5. The van der Waals surface area contributed by atoms with Crippen LogP contribution in [0.1, 0.15) is 42.3 Å². The van der Waals surface area contributed by atoms with Gasteiger partial charge in [0, 0.05) is 47.0 Å². The second kappa shape index (κ2) is 9.20. The molecule has 0 amide bonds. The van der Waals surface area contributed by atoms with E-state index in [1.54, 1.807) is 9.36 Å². The lowest BCUT2D eigenvalue weighted by Gasteiger charge is -2.24. The quantitative estimate of drug-likeness (QED) is 0.318. The third kappa shape index (κ3) is 4.32. The number of pyridine rings is 1. The van der Waals surface area contributed by atoms with Gasteiger partial charge in [-0.3, -0.25) is 9.36 Å². The van der Waals surface area contributed by atoms with Gasteiger partial charge in [-0.25, -0.2) is 9.67 Å². The summed E-state index contributed by atoms with van der Waals surface area (Å²) in [4.78, 5) is 4.74. The van der Waals surface area contributed by atoms with Crippen molar-refractivity contribution < 1.29 is 5.11 Å². The fourth-order valence-electron chi connectivity index (χ4n) is 5.45. The van der Waals surface area contributed by atoms with Gasteiger partial charge in [0.15, 0.2) is 5.65 Å². The summed E-state index contributed by atoms with van der Waals surface area (Å²) >= 11 is 0. The van der Waals surface area contributed by atoms with Gasteiger partial charge >= 0.3 is 0 Å². The Labute approximate surface area is 228 Å². The first-order valence-electron chi connectivity index (χ1n) is 13.1. The van der Waals surface area contributed by atoms with Crippen LogP contribution in [0.2, 0.25) is 0 Å². The van der Waals surface area contributed by atoms with Crippen LogP contribution in [0, 0.1) is 13.8 Å². The summed E-state index contributed by atoms with van der Waals surface area (Å²) in [5, 5.41) is 27.3. The van der Waals surface area contributed by atoms with Crippen molar-refractivity contribution in [2.75, 3.05) is 0 Å². The van der Waals surface area contributed by atoms with E-state index in [1.807, 2.05) is 73.5 Å². The van der Waals surface area contributed by atoms with Crippen LogP contribution >= 0.6 is 0 Å². The Morgan fingerprint density at radius 3 is 2.49 bits per heavy atom. The standard InChI is InChI=1S/C30H30BN7O/c1-18(2)27-20(4)38(26-14-21-15-36(5)35-29(21)32-19(26)3)34-28(27)23-12-9-13-25-24(23)16-37(33-25)17-30(31,39)22-10-7-6-8-11-22/h6-16,18,39H,17H2,1-5H3. The number of aromatic nitrogens is 7. The van der Waals surface area contributed by atoms with Gasteiger partial charge < -0.3 is 5.11 Å². The summed E-state index contributed by atoms with van der Waals surface area (Å²) in [6.45, 7) is 8.59. The molecule has 0 spiro atoms. The van der Waals surface area contributed by atoms with Gasteiger partial charge in [0.1, 0.15) is 7.85 Å². The highest BCUT2D eigenvalue weighted by Gasteiger charge is 2.26. The first kappa shape index (κ1) is 25.1. The number of hydrogen-bond acceptors (Lipinski definition) is 5. The maximum atomic E-state index is 11.0. The number of aryl methyl sites for hydroxylation is 2. The molecule has 1 unspecified atom stereocenters. The Bertz CT molecular complexity index is 1830. The minimum atomic E-state index is -1.56. The molecule has 0 saturated heterocycles. The minimum absolute atomic E-state index is 0.117. The Kier molecular flexibility index (Phi) is 5.91. The molecule has 1 atom stereocenters. The summed E-state index contributed by atoms with van der Waals surface area (Å²) < 4.78 is 5.49. The topological polar surface area (TPSA) is 86.6 Å². The molecular formula is C30H30BN7O. The number of fused-ring (bicyclic) bond motifs is 2. The third-order valence-corrected chi connectivity index (χ3v) is 7.27. The first-order valence-corrected chi connectivity index (χ1v) is 13.1. The predicted octanol–water partition coefficient (Wildman–Crippen LogP) is 4.92. The van der Waals surface area contributed by atoms with Crippen molar-refractivity contribution in [2.45, 2.75) is 45.7 Å². The van der Waals surface area contributed by atoms with E-state index in [4.69, 9.17) is 23.0 Å². The molecule has 0 saturated carbocycles. The van der Waals surface area contributed by atoms with E-state index in [0.29, 0.717) is 5.56 Å². The molecule has 0 aliphatic heterocycles. The van der Waals surface area contributed by atoms with Crippen LogP contribution in [-0.4, -0.2) is 47.3 Å². The molecule has 6 aromatic rings. The maximum Gasteiger partial charge on any atom is 0.181 e. The van der Waals surface area contributed by atoms with E-state index in [1.165, 1.54) is 5.56 Å². The van der Waals surface area contributed by atoms with E-state index in [9.17, 15) is 5.11 Å². The fourth-order valence-corrected chi connectivity index (χ4v) is 5.45. The number of nitrogens with zero attached hydrogens (tertiary/aromatic N) is 7. The lowest BCUT2D eigenvalue weighted by atomic mass is 9.75. The molecule has 0 bridgehead atoms. The lowest BCUT2D eigenvalue weighted by Crippen LogP contribution is -2.32. The van der Waals surface area contributed by atoms with E-state index < -0.39 is 5.50 Å². The SMILES string of the molecule is [B]C(O)(Cn1cc2c(-c3nn(-c4cc5cn(C)nc5nc4C)c(C)c3C(C)C)cccc2n1)c1ccccc1. The molecule has 6 rings (SSSR count). The van der Waals surface area contributed by atoms with Gasteiger partial charge in [-0.1, -0.05) is 56.3 Å². The Morgan fingerprint density at radius 1 is 0.974 bits per heavy atom. The first-order chi connectivity index (χ1) is 18.6. The van der Waals surface area contributed by atoms with Gasteiger partial charge in [0.25, 0.3) is 0 Å². The van der Waals surface area contributed by atoms with Gasteiger partial charge in [-0.05, 0) is 37.5 Å². The van der Waals surface area contributed by atoms with Crippen molar-refractivity contribution >= 4 is 29.8 Å². The Hall–Kier alpha value is -4.24. The molecule has 4 heterocycles. The summed E-state index contributed by atoms with van der Waals surface area (Å²) in [7, 11) is 8.21. The molecule has 39 heavy (non-hydrogen) atoms. The van der Waals surface area contributed by atoms with Crippen molar-refractivity contribution in [2.24, 2.45) is 7.05 Å². The van der Waals surface area contributed by atoms with E-state index >= 15 is 0 Å². The third-order valence-electron chi connectivity index (χ3n) is 7.27. The molecule has 1 N–H and O–H groups in total. The molecular weight excluding hydrogens is 485 g/mol. The summed E-state index contributed by atoms with van der Waals surface area (Å²) in [5.74, 6) is 0.238. The number of rotatable bonds is 6. The molecule has 9 heteroatoms. The smallest absolute Gasteiger partial charge is 0.181 e. The molecule has 2 radical (unpaired) electrons. The van der Waals surface area contributed by atoms with Crippen molar-refractivity contribution in [3.63, 3.8) is 0 Å². The Balaban J connectivity index is 1.48. The molecule has 0 aliphatic carbocycles. The van der Waals surface area contributed by atoms with Crippen molar-refractivity contribution in [3.05, 3.63) is 89.5 Å². The van der Waals surface area contributed by atoms with E-state index in [2.05, 4.69) is 38.0 Å². The number of aliphatic hydroxyl groups is 1. The van der Waals surface area contributed by atoms with Gasteiger partial charge in [0.05, 0.1) is 34.6 Å². The zero-order chi connectivity index (χ0) is 27.5. The van der Waals surface area contributed by atoms with Crippen LogP contribution in [-0.2, 0) is 19.1 Å². The second-order valence-corrected chi connectivity index (χ2v) is 10.6. The second-order valence-electron chi connectivity index (χ2n) is 10.6. The van der Waals surface area contributed by atoms with E-state index in [0.717, 1.165) is 50.3 Å². The zero-order valence-corrected chi connectivity index (χ0v) is 22.8. The van der Waals surface area contributed by atoms with Gasteiger partial charge in [-0.15, -0.1) is 0 Å². The summed E-state index contributed by atoms with van der Waals surface area (Å²) in [6, 6.07) is 17.4. The van der Waals surface area contributed by atoms with E-state index in [-0.39, 0.29) is 12.5 Å². The molecule has 2 aromatic carbocycles. The monoisotopic (exact) mass is 515 g/mol. The highest BCUT2D eigenvalue weighted by molar-refractivity contribution is 6.14. The van der Waals surface area contributed by atoms with Crippen LogP contribution in [0.3, 0.4) is 0 Å². The minimum Gasteiger partial charge on any atom is -0.393 e. The van der Waals surface area contributed by atoms with Crippen LogP contribution in [0.15, 0.2) is 67.0 Å². The van der Waals surface area contributed by atoms with Crippen LogP contribution < -0.4 is 0 Å².